The number of morpholine rings is 1. The molecule has 0 aromatic heterocycles. The van der Waals surface area contributed by atoms with E-state index in [-0.39, 0.29) is 30.4 Å². The SMILES string of the molecule is CCN(C(=O)CC1COCCN1)C(C)Cc1ccc(OC)cc1.Cl. The molecule has 1 aliphatic heterocycles. The van der Waals surface area contributed by atoms with E-state index in [0.29, 0.717) is 13.0 Å². The van der Waals surface area contributed by atoms with Gasteiger partial charge in [-0.3, -0.25) is 4.79 Å². The molecule has 0 spiro atoms. The first-order valence-electron chi connectivity index (χ1n) is 8.37. The Morgan fingerprint density at radius 1 is 1.42 bits per heavy atom. The van der Waals surface area contributed by atoms with E-state index in [1.165, 1.54) is 5.56 Å². The largest absolute Gasteiger partial charge is 0.497 e. The van der Waals surface area contributed by atoms with Crippen molar-refractivity contribution in [3.8, 4) is 5.75 Å². The van der Waals surface area contributed by atoms with Crippen molar-refractivity contribution < 1.29 is 14.3 Å². The molecule has 1 fully saturated rings. The molecule has 2 unspecified atom stereocenters. The normalized spacial score (nSPS) is 18.4. The molecule has 0 bridgehead atoms. The van der Waals surface area contributed by atoms with Crippen molar-refractivity contribution in [1.82, 2.24) is 10.2 Å². The number of hydrogen-bond acceptors (Lipinski definition) is 4. The maximum atomic E-state index is 12.6. The van der Waals surface area contributed by atoms with Crippen molar-refractivity contribution in [3.63, 3.8) is 0 Å². The fourth-order valence-corrected chi connectivity index (χ4v) is 3.03. The molecule has 1 aromatic rings. The van der Waals surface area contributed by atoms with Gasteiger partial charge < -0.3 is 19.7 Å². The third kappa shape index (κ3) is 5.96. The Bertz CT molecular complexity index is 490. The lowest BCUT2D eigenvalue weighted by molar-refractivity contribution is -0.134. The Morgan fingerprint density at radius 2 is 2.12 bits per heavy atom. The second kappa shape index (κ2) is 10.5. The highest BCUT2D eigenvalue weighted by atomic mass is 35.5. The second-order valence-corrected chi connectivity index (χ2v) is 6.01. The minimum absolute atomic E-state index is 0. The standard InChI is InChI=1S/C18H28N2O3.ClH/c1-4-20(18(21)12-16-13-23-10-9-19-16)14(2)11-15-5-7-17(22-3)8-6-15;/h5-8,14,16,19H,4,9-13H2,1-3H3;1H. The van der Waals surface area contributed by atoms with E-state index < -0.39 is 0 Å². The van der Waals surface area contributed by atoms with E-state index in [0.717, 1.165) is 31.9 Å². The van der Waals surface area contributed by atoms with Crippen molar-refractivity contribution in [2.45, 2.75) is 38.8 Å². The van der Waals surface area contributed by atoms with Crippen molar-refractivity contribution in [3.05, 3.63) is 29.8 Å². The number of nitrogens with one attached hydrogen (secondary N) is 1. The van der Waals surface area contributed by atoms with Gasteiger partial charge in [-0.1, -0.05) is 12.1 Å². The van der Waals surface area contributed by atoms with Gasteiger partial charge in [0.25, 0.3) is 0 Å². The summed E-state index contributed by atoms with van der Waals surface area (Å²) in [6.07, 6.45) is 1.35. The minimum atomic E-state index is 0. The second-order valence-electron chi connectivity index (χ2n) is 6.01. The summed E-state index contributed by atoms with van der Waals surface area (Å²) < 4.78 is 10.6. The Kier molecular flexibility index (Phi) is 9.11. The summed E-state index contributed by atoms with van der Waals surface area (Å²) in [6.45, 7) is 7.05. The number of nitrogens with zero attached hydrogens (tertiary/aromatic N) is 1. The number of likely N-dealkylation sites (N-methyl/N-ethyl adjacent to an activating group) is 1. The average molecular weight is 357 g/mol. The monoisotopic (exact) mass is 356 g/mol. The topological polar surface area (TPSA) is 50.8 Å². The number of hydrogen-bond donors (Lipinski definition) is 1. The number of halogens is 1. The summed E-state index contributed by atoms with van der Waals surface area (Å²) in [4.78, 5) is 14.5. The van der Waals surface area contributed by atoms with E-state index in [2.05, 4.69) is 24.4 Å². The molecule has 5 nitrogen and oxygen atoms in total. The van der Waals surface area contributed by atoms with Crippen LogP contribution in [0.2, 0.25) is 0 Å². The van der Waals surface area contributed by atoms with Gasteiger partial charge in [-0.2, -0.15) is 0 Å². The molecule has 1 aliphatic rings. The van der Waals surface area contributed by atoms with Crippen LogP contribution in [-0.2, 0) is 16.0 Å². The van der Waals surface area contributed by atoms with Crippen molar-refractivity contribution in [2.75, 3.05) is 33.4 Å². The summed E-state index contributed by atoms with van der Waals surface area (Å²) in [5, 5.41) is 3.34. The predicted molar refractivity (Wildman–Crippen MR) is 98.0 cm³/mol. The summed E-state index contributed by atoms with van der Waals surface area (Å²) in [6, 6.07) is 8.35. The van der Waals surface area contributed by atoms with Gasteiger partial charge in [0, 0.05) is 31.6 Å². The first-order valence-corrected chi connectivity index (χ1v) is 8.37. The van der Waals surface area contributed by atoms with E-state index in [1.54, 1.807) is 7.11 Å². The molecule has 24 heavy (non-hydrogen) atoms. The molecule has 2 atom stereocenters. The van der Waals surface area contributed by atoms with Crippen LogP contribution in [0, 0.1) is 0 Å². The lowest BCUT2D eigenvalue weighted by atomic mass is 10.0. The summed E-state index contributed by atoms with van der Waals surface area (Å²) in [5.74, 6) is 1.05. The van der Waals surface area contributed by atoms with E-state index in [1.807, 2.05) is 24.0 Å². The number of ether oxygens (including phenoxy) is 2. The number of rotatable bonds is 7. The van der Waals surface area contributed by atoms with Gasteiger partial charge in [0.05, 0.1) is 20.3 Å². The molecule has 1 heterocycles. The molecule has 0 aliphatic carbocycles. The number of carbonyl (C=O) groups is 1. The smallest absolute Gasteiger partial charge is 0.224 e. The molecule has 1 amide bonds. The van der Waals surface area contributed by atoms with Crippen LogP contribution >= 0.6 is 12.4 Å². The lowest BCUT2D eigenvalue weighted by Crippen LogP contribution is -2.47. The first kappa shape index (κ1) is 20.7. The molecule has 0 saturated carbocycles. The zero-order valence-electron chi connectivity index (χ0n) is 14.8. The molecule has 0 radical (unpaired) electrons. The highest BCUT2D eigenvalue weighted by molar-refractivity contribution is 5.85. The van der Waals surface area contributed by atoms with Crippen molar-refractivity contribution >= 4 is 18.3 Å². The van der Waals surface area contributed by atoms with Crippen molar-refractivity contribution in [1.29, 1.82) is 0 Å². The van der Waals surface area contributed by atoms with Crippen LogP contribution in [0.1, 0.15) is 25.8 Å². The van der Waals surface area contributed by atoms with Crippen molar-refractivity contribution in [2.24, 2.45) is 0 Å². The van der Waals surface area contributed by atoms with Gasteiger partial charge in [0.1, 0.15) is 5.75 Å². The van der Waals surface area contributed by atoms with Gasteiger partial charge in [0.15, 0.2) is 0 Å². The number of amides is 1. The molecule has 136 valence electrons. The van der Waals surface area contributed by atoms with Crippen LogP contribution in [0.5, 0.6) is 5.75 Å². The predicted octanol–water partition coefficient (Wildman–Crippen LogP) is 2.28. The number of carbonyl (C=O) groups excluding carboxylic acids is 1. The molecule has 6 heteroatoms. The van der Waals surface area contributed by atoms with E-state index >= 15 is 0 Å². The summed E-state index contributed by atoms with van der Waals surface area (Å²) in [5.41, 5.74) is 1.21. The van der Waals surface area contributed by atoms with Crippen LogP contribution in [-0.4, -0.2) is 56.3 Å². The zero-order valence-corrected chi connectivity index (χ0v) is 15.6. The highest BCUT2D eigenvalue weighted by Crippen LogP contribution is 2.15. The maximum Gasteiger partial charge on any atom is 0.224 e. The fourth-order valence-electron chi connectivity index (χ4n) is 3.03. The van der Waals surface area contributed by atoms with Gasteiger partial charge >= 0.3 is 0 Å². The summed E-state index contributed by atoms with van der Waals surface area (Å²) >= 11 is 0. The fraction of sp³-hybridized carbons (Fsp3) is 0.611. The zero-order chi connectivity index (χ0) is 16.7. The minimum Gasteiger partial charge on any atom is -0.497 e. The quantitative estimate of drug-likeness (QED) is 0.814. The first-order chi connectivity index (χ1) is 11.1. The van der Waals surface area contributed by atoms with Gasteiger partial charge in [0.2, 0.25) is 5.91 Å². The maximum absolute atomic E-state index is 12.6. The molecule has 2 rings (SSSR count). The third-order valence-corrected chi connectivity index (χ3v) is 4.30. The van der Waals surface area contributed by atoms with Crippen LogP contribution in [0.25, 0.3) is 0 Å². The Balaban J connectivity index is 0.00000288. The van der Waals surface area contributed by atoms with Crippen LogP contribution < -0.4 is 10.1 Å². The van der Waals surface area contributed by atoms with Crippen LogP contribution in [0.15, 0.2) is 24.3 Å². The molecule has 1 saturated heterocycles. The van der Waals surface area contributed by atoms with Gasteiger partial charge in [-0.15, -0.1) is 12.4 Å². The average Bonchev–Trinajstić information content (AvgIpc) is 2.57. The Hall–Kier alpha value is -1.30. The van der Waals surface area contributed by atoms with Gasteiger partial charge in [-0.25, -0.2) is 0 Å². The Labute approximate surface area is 151 Å². The van der Waals surface area contributed by atoms with Crippen LogP contribution in [0.4, 0.5) is 0 Å². The number of benzene rings is 1. The van der Waals surface area contributed by atoms with E-state index in [4.69, 9.17) is 9.47 Å². The van der Waals surface area contributed by atoms with Crippen LogP contribution in [0.3, 0.4) is 0 Å². The number of methoxy groups -OCH3 is 1. The summed E-state index contributed by atoms with van der Waals surface area (Å²) in [7, 11) is 1.66. The molecular formula is C18H29ClN2O3. The molecule has 1 aromatic carbocycles. The Morgan fingerprint density at radius 3 is 2.67 bits per heavy atom. The lowest BCUT2D eigenvalue weighted by Gasteiger charge is -2.31. The van der Waals surface area contributed by atoms with Gasteiger partial charge in [-0.05, 0) is 38.0 Å². The highest BCUT2D eigenvalue weighted by Gasteiger charge is 2.23. The molecule has 1 N–H and O–H groups in total. The molecular weight excluding hydrogens is 328 g/mol. The third-order valence-electron chi connectivity index (χ3n) is 4.30. The van der Waals surface area contributed by atoms with E-state index in [9.17, 15) is 4.79 Å².